The average Bonchev–Trinajstić information content (AvgIpc) is 2.67. The highest BCUT2D eigenvalue weighted by molar-refractivity contribution is 5.66. The smallest absolute Gasteiger partial charge is 0.303 e. The zero-order valence-electron chi connectivity index (χ0n) is 9.37. The van der Waals surface area contributed by atoms with E-state index < -0.39 is 5.97 Å². The van der Waals surface area contributed by atoms with Crippen molar-refractivity contribution in [2.24, 2.45) is 5.92 Å². The van der Waals surface area contributed by atoms with Gasteiger partial charge in [-0.3, -0.25) is 4.79 Å². The summed E-state index contributed by atoms with van der Waals surface area (Å²) in [5.41, 5.74) is 0. The maximum absolute atomic E-state index is 10.4. The van der Waals surface area contributed by atoms with Crippen molar-refractivity contribution in [2.75, 3.05) is 19.8 Å². The molecule has 1 aliphatic heterocycles. The van der Waals surface area contributed by atoms with E-state index in [4.69, 9.17) is 9.84 Å². The van der Waals surface area contributed by atoms with Crippen LogP contribution in [0.3, 0.4) is 0 Å². The summed E-state index contributed by atoms with van der Waals surface area (Å²) in [7, 11) is 0. The predicted molar refractivity (Wildman–Crippen MR) is 57.9 cm³/mol. The summed E-state index contributed by atoms with van der Waals surface area (Å²) >= 11 is 0. The van der Waals surface area contributed by atoms with Gasteiger partial charge in [0.15, 0.2) is 0 Å². The highest BCUT2D eigenvalue weighted by Gasteiger charge is 2.14. The van der Waals surface area contributed by atoms with Crippen LogP contribution in [0.15, 0.2) is 0 Å². The Morgan fingerprint density at radius 2 is 2.40 bits per heavy atom. The van der Waals surface area contributed by atoms with Crippen LogP contribution in [0.5, 0.6) is 0 Å². The van der Waals surface area contributed by atoms with Crippen LogP contribution >= 0.6 is 0 Å². The Labute approximate surface area is 91.0 Å². The molecule has 0 amide bonds. The lowest BCUT2D eigenvalue weighted by atomic mass is 10.0. The molecule has 1 fully saturated rings. The monoisotopic (exact) mass is 215 g/mol. The van der Waals surface area contributed by atoms with Crippen LogP contribution in [0.25, 0.3) is 0 Å². The molecule has 0 saturated carbocycles. The van der Waals surface area contributed by atoms with Gasteiger partial charge in [-0.2, -0.15) is 0 Å². The van der Waals surface area contributed by atoms with Gasteiger partial charge in [-0.15, -0.1) is 0 Å². The molecule has 1 rings (SSSR count). The van der Waals surface area contributed by atoms with E-state index in [9.17, 15) is 4.79 Å². The van der Waals surface area contributed by atoms with Crippen molar-refractivity contribution < 1.29 is 14.6 Å². The van der Waals surface area contributed by atoms with Crippen molar-refractivity contribution in [3.8, 4) is 0 Å². The first-order valence-corrected chi connectivity index (χ1v) is 5.71. The molecule has 0 aromatic carbocycles. The van der Waals surface area contributed by atoms with E-state index in [1.54, 1.807) is 0 Å². The van der Waals surface area contributed by atoms with Gasteiger partial charge in [0.2, 0.25) is 0 Å². The molecule has 2 N–H and O–H groups in total. The first-order valence-electron chi connectivity index (χ1n) is 5.71. The van der Waals surface area contributed by atoms with E-state index in [-0.39, 0.29) is 6.42 Å². The highest BCUT2D eigenvalue weighted by atomic mass is 16.5. The number of ether oxygens (including phenoxy) is 1. The van der Waals surface area contributed by atoms with E-state index >= 15 is 0 Å². The topological polar surface area (TPSA) is 58.6 Å². The second-order valence-corrected chi connectivity index (χ2v) is 4.34. The molecule has 0 aromatic rings. The molecule has 2 unspecified atom stereocenters. The van der Waals surface area contributed by atoms with Gasteiger partial charge in [0.05, 0.1) is 6.61 Å². The van der Waals surface area contributed by atoms with Crippen molar-refractivity contribution in [3.63, 3.8) is 0 Å². The number of hydrogen-bond donors (Lipinski definition) is 2. The fourth-order valence-corrected chi connectivity index (χ4v) is 1.74. The van der Waals surface area contributed by atoms with Crippen LogP contribution in [0.2, 0.25) is 0 Å². The lowest BCUT2D eigenvalue weighted by Crippen LogP contribution is -2.30. The third-order valence-corrected chi connectivity index (χ3v) is 2.85. The van der Waals surface area contributed by atoms with Gasteiger partial charge in [0.1, 0.15) is 0 Å². The van der Waals surface area contributed by atoms with Crippen LogP contribution in [0, 0.1) is 5.92 Å². The van der Waals surface area contributed by atoms with Gasteiger partial charge in [-0.1, -0.05) is 6.92 Å². The maximum Gasteiger partial charge on any atom is 0.303 e. The SMILES string of the molecule is CC(CCNC1CCOC1)CCC(=O)O. The van der Waals surface area contributed by atoms with E-state index in [0.717, 1.165) is 39.0 Å². The molecule has 0 aromatic heterocycles. The lowest BCUT2D eigenvalue weighted by Gasteiger charge is -2.13. The summed E-state index contributed by atoms with van der Waals surface area (Å²) in [5.74, 6) is -0.213. The lowest BCUT2D eigenvalue weighted by molar-refractivity contribution is -0.137. The minimum atomic E-state index is -0.695. The highest BCUT2D eigenvalue weighted by Crippen LogP contribution is 2.10. The Morgan fingerprint density at radius 3 is 3.00 bits per heavy atom. The number of aliphatic carboxylic acids is 1. The number of carboxylic acids is 1. The molecule has 88 valence electrons. The number of hydrogen-bond acceptors (Lipinski definition) is 3. The third kappa shape index (κ3) is 5.74. The predicted octanol–water partition coefficient (Wildman–Crippen LogP) is 1.26. The zero-order valence-corrected chi connectivity index (χ0v) is 9.37. The second-order valence-electron chi connectivity index (χ2n) is 4.34. The van der Waals surface area contributed by atoms with Crippen molar-refractivity contribution in [2.45, 2.75) is 38.6 Å². The molecular formula is C11H21NO3. The Balaban J connectivity index is 1.96. The summed E-state index contributed by atoms with van der Waals surface area (Å²) in [5, 5.41) is 12.0. The van der Waals surface area contributed by atoms with E-state index in [2.05, 4.69) is 12.2 Å². The standard InChI is InChI=1S/C11H21NO3/c1-9(2-3-11(13)14)4-6-12-10-5-7-15-8-10/h9-10,12H,2-8H2,1H3,(H,13,14). The third-order valence-electron chi connectivity index (χ3n) is 2.85. The zero-order chi connectivity index (χ0) is 11.1. The van der Waals surface area contributed by atoms with Gasteiger partial charge in [-0.25, -0.2) is 0 Å². The Hall–Kier alpha value is -0.610. The van der Waals surface area contributed by atoms with E-state index in [1.165, 1.54) is 0 Å². The van der Waals surface area contributed by atoms with Gasteiger partial charge >= 0.3 is 5.97 Å². The minimum Gasteiger partial charge on any atom is -0.481 e. The van der Waals surface area contributed by atoms with Crippen LogP contribution in [0.4, 0.5) is 0 Å². The molecule has 4 nitrogen and oxygen atoms in total. The molecule has 4 heteroatoms. The number of carbonyl (C=O) groups is 1. The number of nitrogens with one attached hydrogen (secondary N) is 1. The van der Waals surface area contributed by atoms with Crippen molar-refractivity contribution in [3.05, 3.63) is 0 Å². The van der Waals surface area contributed by atoms with E-state index in [1.807, 2.05) is 0 Å². The number of rotatable bonds is 7. The fraction of sp³-hybridized carbons (Fsp3) is 0.909. The second kappa shape index (κ2) is 6.80. The Morgan fingerprint density at radius 1 is 1.60 bits per heavy atom. The molecule has 15 heavy (non-hydrogen) atoms. The molecule has 1 heterocycles. The molecule has 1 saturated heterocycles. The quantitative estimate of drug-likeness (QED) is 0.671. The largest absolute Gasteiger partial charge is 0.481 e. The van der Waals surface area contributed by atoms with Crippen LogP contribution in [-0.2, 0) is 9.53 Å². The van der Waals surface area contributed by atoms with Crippen molar-refractivity contribution in [1.29, 1.82) is 0 Å². The molecule has 0 spiro atoms. The molecule has 1 aliphatic rings. The maximum atomic E-state index is 10.4. The molecule has 2 atom stereocenters. The average molecular weight is 215 g/mol. The summed E-state index contributed by atoms with van der Waals surface area (Å²) in [6.45, 7) is 4.76. The molecule has 0 radical (unpaired) electrons. The number of carboxylic acid groups (broad SMARTS) is 1. The van der Waals surface area contributed by atoms with Gasteiger partial charge in [0.25, 0.3) is 0 Å². The van der Waals surface area contributed by atoms with Gasteiger partial charge in [0, 0.05) is 19.1 Å². The minimum absolute atomic E-state index is 0.285. The van der Waals surface area contributed by atoms with E-state index in [0.29, 0.717) is 12.0 Å². The summed E-state index contributed by atoms with van der Waals surface area (Å²) in [4.78, 5) is 10.4. The summed E-state index contributed by atoms with van der Waals surface area (Å²) in [6, 6.07) is 0.511. The van der Waals surface area contributed by atoms with Crippen molar-refractivity contribution in [1.82, 2.24) is 5.32 Å². The fourth-order valence-electron chi connectivity index (χ4n) is 1.74. The summed E-state index contributed by atoms with van der Waals surface area (Å²) in [6.07, 6.45) is 3.21. The molecule has 0 bridgehead atoms. The summed E-state index contributed by atoms with van der Waals surface area (Å²) < 4.78 is 5.25. The van der Waals surface area contributed by atoms with Crippen LogP contribution in [-0.4, -0.2) is 36.9 Å². The van der Waals surface area contributed by atoms with Gasteiger partial charge in [-0.05, 0) is 31.7 Å². The first-order chi connectivity index (χ1) is 7.18. The van der Waals surface area contributed by atoms with Crippen LogP contribution in [0.1, 0.15) is 32.6 Å². The van der Waals surface area contributed by atoms with Crippen molar-refractivity contribution >= 4 is 5.97 Å². The normalized spacial score (nSPS) is 22.9. The van der Waals surface area contributed by atoms with Crippen LogP contribution < -0.4 is 5.32 Å². The Bertz CT molecular complexity index is 190. The van der Waals surface area contributed by atoms with Gasteiger partial charge < -0.3 is 15.2 Å². The Kier molecular flexibility index (Phi) is 5.65. The molecule has 0 aliphatic carbocycles. The first kappa shape index (κ1) is 12.5. The molecular weight excluding hydrogens is 194 g/mol.